The van der Waals surface area contributed by atoms with Crippen molar-refractivity contribution in [3.63, 3.8) is 0 Å². The second kappa shape index (κ2) is 5.25. The summed E-state index contributed by atoms with van der Waals surface area (Å²) in [4.78, 5) is 13.6. The van der Waals surface area contributed by atoms with E-state index in [1.165, 1.54) is 0 Å². The fourth-order valence-corrected chi connectivity index (χ4v) is 2.15. The molecule has 1 N–H and O–H groups in total. The molecule has 0 fully saturated rings. The maximum absolute atomic E-state index is 4.64. The Hall–Kier alpha value is -2.49. The Morgan fingerprint density at radius 2 is 1.85 bits per heavy atom. The Labute approximate surface area is 117 Å². The Morgan fingerprint density at radius 3 is 2.70 bits per heavy atom. The predicted octanol–water partition coefficient (Wildman–Crippen LogP) is 3.43. The van der Waals surface area contributed by atoms with Crippen molar-refractivity contribution in [1.82, 2.24) is 15.0 Å². The maximum Gasteiger partial charge on any atom is 0.180 e. The first-order valence-electron chi connectivity index (χ1n) is 6.72. The van der Waals surface area contributed by atoms with Gasteiger partial charge in [-0.05, 0) is 26.0 Å². The summed E-state index contributed by atoms with van der Waals surface area (Å²) in [7, 11) is 0. The minimum atomic E-state index is 0.659. The van der Waals surface area contributed by atoms with Crippen LogP contribution in [0.5, 0.6) is 0 Å². The summed E-state index contributed by atoms with van der Waals surface area (Å²) in [5.41, 5.74) is 2.69. The van der Waals surface area contributed by atoms with Crippen molar-refractivity contribution in [1.29, 1.82) is 0 Å². The molecule has 1 aromatic carbocycles. The van der Waals surface area contributed by atoms with Crippen molar-refractivity contribution in [2.45, 2.75) is 13.8 Å². The molecule has 0 bridgehead atoms. The molecule has 0 saturated carbocycles. The van der Waals surface area contributed by atoms with Crippen molar-refractivity contribution in [3.05, 3.63) is 48.2 Å². The first-order chi connectivity index (χ1) is 9.76. The number of aromatic nitrogens is 3. The zero-order chi connectivity index (χ0) is 13.9. The number of nitrogens with zero attached hydrogens (tertiary/aromatic N) is 3. The molecule has 0 aliphatic carbocycles. The molecule has 3 aromatic rings. The molecule has 0 unspecified atom stereocenters. The quantitative estimate of drug-likeness (QED) is 0.787. The highest BCUT2D eigenvalue weighted by atomic mass is 15.0. The van der Waals surface area contributed by atoms with Crippen molar-refractivity contribution in [2.75, 3.05) is 11.9 Å². The van der Waals surface area contributed by atoms with Crippen LogP contribution >= 0.6 is 0 Å². The summed E-state index contributed by atoms with van der Waals surface area (Å²) in [5.74, 6) is 1.50. The third-order valence-electron chi connectivity index (χ3n) is 3.04. The lowest BCUT2D eigenvalue weighted by Crippen LogP contribution is -2.03. The molecule has 0 radical (unpaired) electrons. The normalized spacial score (nSPS) is 10.7. The molecule has 2 heterocycles. The summed E-state index contributed by atoms with van der Waals surface area (Å²) < 4.78 is 0. The number of hydrogen-bond donors (Lipinski definition) is 1. The van der Waals surface area contributed by atoms with Crippen LogP contribution in [-0.4, -0.2) is 21.5 Å². The molecule has 0 saturated heterocycles. The molecular weight excluding hydrogens is 248 g/mol. The number of benzene rings is 1. The molecule has 3 rings (SSSR count). The van der Waals surface area contributed by atoms with E-state index in [9.17, 15) is 0 Å². The Kier molecular flexibility index (Phi) is 3.29. The number of fused-ring (bicyclic) bond motifs is 1. The van der Waals surface area contributed by atoms with Crippen LogP contribution in [0.15, 0.2) is 42.5 Å². The number of rotatable bonds is 3. The van der Waals surface area contributed by atoms with Gasteiger partial charge < -0.3 is 5.32 Å². The first-order valence-corrected chi connectivity index (χ1v) is 6.72. The third-order valence-corrected chi connectivity index (χ3v) is 3.04. The molecule has 0 aliphatic rings. The lowest BCUT2D eigenvalue weighted by Gasteiger charge is -2.07. The zero-order valence-corrected chi connectivity index (χ0v) is 11.6. The van der Waals surface area contributed by atoms with Gasteiger partial charge in [-0.2, -0.15) is 0 Å². The molecule has 4 nitrogen and oxygen atoms in total. The van der Waals surface area contributed by atoms with E-state index >= 15 is 0 Å². The van der Waals surface area contributed by atoms with E-state index in [4.69, 9.17) is 0 Å². The highest BCUT2D eigenvalue weighted by molar-refractivity contribution is 5.80. The second-order valence-electron chi connectivity index (χ2n) is 4.64. The topological polar surface area (TPSA) is 50.7 Å². The van der Waals surface area contributed by atoms with E-state index in [-0.39, 0.29) is 0 Å². The van der Waals surface area contributed by atoms with Crippen molar-refractivity contribution >= 4 is 16.7 Å². The minimum Gasteiger partial charge on any atom is -0.370 e. The number of nitrogens with one attached hydrogen (secondary N) is 1. The van der Waals surface area contributed by atoms with Crippen LogP contribution in [0.1, 0.15) is 12.6 Å². The monoisotopic (exact) mass is 264 g/mol. The predicted molar refractivity (Wildman–Crippen MR) is 81.7 cm³/mol. The number of hydrogen-bond acceptors (Lipinski definition) is 4. The van der Waals surface area contributed by atoms with E-state index in [2.05, 4.69) is 26.3 Å². The van der Waals surface area contributed by atoms with Crippen molar-refractivity contribution in [2.24, 2.45) is 0 Å². The van der Waals surface area contributed by atoms with Crippen molar-refractivity contribution in [3.8, 4) is 11.5 Å². The molecule has 0 amide bonds. The average Bonchev–Trinajstić information content (AvgIpc) is 2.46. The molecule has 0 spiro atoms. The second-order valence-corrected chi connectivity index (χ2v) is 4.64. The Bertz CT molecular complexity index is 752. The molecule has 2 aromatic heterocycles. The smallest absolute Gasteiger partial charge is 0.180 e. The fraction of sp³-hybridized carbons (Fsp3) is 0.188. The van der Waals surface area contributed by atoms with Crippen LogP contribution in [0, 0.1) is 6.92 Å². The lowest BCUT2D eigenvalue weighted by atomic mass is 10.2. The van der Waals surface area contributed by atoms with Crippen molar-refractivity contribution < 1.29 is 0 Å². The molecule has 20 heavy (non-hydrogen) atoms. The van der Waals surface area contributed by atoms with Crippen LogP contribution < -0.4 is 5.32 Å². The largest absolute Gasteiger partial charge is 0.370 e. The van der Waals surface area contributed by atoms with Gasteiger partial charge in [0.05, 0.1) is 5.52 Å². The van der Waals surface area contributed by atoms with E-state index < -0.39 is 0 Å². The molecule has 0 atom stereocenters. The van der Waals surface area contributed by atoms with Crippen LogP contribution in [-0.2, 0) is 0 Å². The number of anilines is 1. The van der Waals surface area contributed by atoms with E-state index in [0.717, 1.165) is 34.7 Å². The highest BCUT2D eigenvalue weighted by Gasteiger charge is 2.07. The van der Waals surface area contributed by atoms with E-state index in [0.29, 0.717) is 5.82 Å². The summed E-state index contributed by atoms with van der Waals surface area (Å²) in [6.07, 6.45) is 0. The number of para-hydroxylation sites is 1. The van der Waals surface area contributed by atoms with Gasteiger partial charge in [-0.15, -0.1) is 0 Å². The van der Waals surface area contributed by atoms with E-state index in [1.807, 2.05) is 50.2 Å². The molecular formula is C16H16N4. The maximum atomic E-state index is 4.64. The summed E-state index contributed by atoms with van der Waals surface area (Å²) in [6, 6.07) is 14.0. The van der Waals surface area contributed by atoms with Gasteiger partial charge in [0, 0.05) is 23.7 Å². The average molecular weight is 264 g/mol. The molecule has 4 heteroatoms. The zero-order valence-electron chi connectivity index (χ0n) is 11.6. The van der Waals surface area contributed by atoms with Crippen LogP contribution in [0.2, 0.25) is 0 Å². The molecule has 0 aliphatic heterocycles. The van der Waals surface area contributed by atoms with Gasteiger partial charge in [0.15, 0.2) is 5.82 Å². The Morgan fingerprint density at radius 1 is 1.00 bits per heavy atom. The highest BCUT2D eigenvalue weighted by Crippen LogP contribution is 2.19. The van der Waals surface area contributed by atoms with Gasteiger partial charge in [-0.1, -0.05) is 24.3 Å². The minimum absolute atomic E-state index is 0.659. The van der Waals surface area contributed by atoms with Crippen LogP contribution in [0.3, 0.4) is 0 Å². The fourth-order valence-electron chi connectivity index (χ4n) is 2.15. The summed E-state index contributed by atoms with van der Waals surface area (Å²) in [5, 5.41) is 4.34. The van der Waals surface area contributed by atoms with Gasteiger partial charge >= 0.3 is 0 Å². The lowest BCUT2D eigenvalue weighted by molar-refractivity contribution is 1.07. The SMILES string of the molecule is CCNc1cc(C)nc(-c2ccc3ccccc3n2)n1. The summed E-state index contributed by atoms with van der Waals surface area (Å²) >= 11 is 0. The van der Waals surface area contributed by atoms with Crippen LogP contribution in [0.25, 0.3) is 22.4 Å². The van der Waals surface area contributed by atoms with Gasteiger partial charge in [-0.3, -0.25) is 0 Å². The van der Waals surface area contributed by atoms with Crippen LogP contribution in [0.4, 0.5) is 5.82 Å². The number of aryl methyl sites for hydroxylation is 1. The van der Waals surface area contributed by atoms with Gasteiger partial charge in [0.25, 0.3) is 0 Å². The van der Waals surface area contributed by atoms with Gasteiger partial charge in [-0.25, -0.2) is 15.0 Å². The molecule has 100 valence electrons. The standard InChI is InChI=1S/C16H16N4/c1-3-17-15-10-11(2)18-16(20-15)14-9-8-12-6-4-5-7-13(12)19-14/h4-10H,3H2,1-2H3,(H,17,18,20). The van der Waals surface area contributed by atoms with E-state index in [1.54, 1.807) is 0 Å². The van der Waals surface area contributed by atoms with Gasteiger partial charge in [0.1, 0.15) is 11.5 Å². The van der Waals surface area contributed by atoms with Gasteiger partial charge in [0.2, 0.25) is 0 Å². The summed E-state index contributed by atoms with van der Waals surface area (Å²) in [6.45, 7) is 4.85. The Balaban J connectivity index is 2.10. The first kappa shape index (κ1) is 12.5. The third kappa shape index (κ3) is 2.45. The number of pyridine rings is 1.